The minimum atomic E-state index is -4.66. The van der Waals surface area contributed by atoms with Crippen molar-refractivity contribution in [1.82, 2.24) is 18.9 Å². The number of anilines is 1. The highest BCUT2D eigenvalue weighted by atomic mass is 19.4. The van der Waals surface area contributed by atoms with Crippen molar-refractivity contribution >= 4 is 28.4 Å². The van der Waals surface area contributed by atoms with Crippen LogP contribution in [0.15, 0.2) is 47.3 Å². The van der Waals surface area contributed by atoms with Gasteiger partial charge < -0.3 is 15.6 Å². The van der Waals surface area contributed by atoms with Crippen LogP contribution in [0.4, 0.5) is 18.9 Å². The van der Waals surface area contributed by atoms with Crippen LogP contribution in [-0.2, 0) is 19.8 Å². The number of hydrogen-bond acceptors (Lipinski definition) is 4. The molecule has 5 rings (SSSR count). The Bertz CT molecular complexity index is 1710. The Hall–Kier alpha value is -4.35. The Kier molecular flexibility index (Phi) is 7.26. The molecule has 12 heteroatoms. The van der Waals surface area contributed by atoms with Crippen LogP contribution in [0.1, 0.15) is 82.4 Å². The SMILES string of the molecule is CCn1c(C2CCC(n3c(C)nn(C)c3=O)CC2)cc2cc(C(F)(F)F)cc(C(=O)Nc3cccc(C(N)=O)c3)c21. The van der Waals surface area contributed by atoms with Gasteiger partial charge in [-0.05, 0) is 81.8 Å². The standard InChI is InChI=1S/C29H31F3N6O3/c1-4-37-24(17-8-10-22(11-9-17)38-16(2)35-36(3)28(38)41)14-19-12-20(29(30,31)32)15-23(25(19)37)27(40)34-21-7-5-6-18(13-21)26(33)39/h5-7,12-15,17,22H,4,8-11H2,1-3H3,(H2,33,39)(H,34,40). The van der Waals surface area contributed by atoms with E-state index in [1.54, 1.807) is 24.6 Å². The number of nitrogens with two attached hydrogens (primary N) is 1. The number of carbonyl (C=O) groups excluding carboxylic acids is 2. The fourth-order valence-corrected chi connectivity index (χ4v) is 6.05. The van der Waals surface area contributed by atoms with E-state index in [1.165, 1.54) is 28.9 Å². The fraction of sp³-hybridized carbons (Fsp3) is 0.379. The van der Waals surface area contributed by atoms with Gasteiger partial charge in [0, 0.05) is 42.0 Å². The van der Waals surface area contributed by atoms with Crippen LogP contribution in [0.5, 0.6) is 0 Å². The van der Waals surface area contributed by atoms with Crippen molar-refractivity contribution in [1.29, 1.82) is 0 Å². The molecule has 0 radical (unpaired) electrons. The third-order valence-electron chi connectivity index (χ3n) is 7.92. The molecule has 9 nitrogen and oxygen atoms in total. The number of amides is 2. The first-order valence-electron chi connectivity index (χ1n) is 13.5. The summed E-state index contributed by atoms with van der Waals surface area (Å²) in [7, 11) is 1.62. The summed E-state index contributed by atoms with van der Waals surface area (Å²) < 4.78 is 46.7. The summed E-state index contributed by atoms with van der Waals surface area (Å²) in [5, 5.41) is 7.19. The van der Waals surface area contributed by atoms with Crippen molar-refractivity contribution in [2.24, 2.45) is 12.8 Å². The molecule has 0 atom stereocenters. The highest BCUT2D eigenvalue weighted by Crippen LogP contribution is 2.42. The Morgan fingerprint density at radius 1 is 1.10 bits per heavy atom. The third-order valence-corrected chi connectivity index (χ3v) is 7.92. The number of carbonyl (C=O) groups is 2. The maximum atomic E-state index is 13.9. The highest BCUT2D eigenvalue weighted by Gasteiger charge is 2.34. The van der Waals surface area contributed by atoms with Crippen LogP contribution in [0, 0.1) is 6.92 Å². The molecular weight excluding hydrogens is 537 g/mol. The van der Waals surface area contributed by atoms with Crippen LogP contribution in [0.3, 0.4) is 0 Å². The molecule has 1 saturated carbocycles. The number of fused-ring (bicyclic) bond motifs is 1. The molecule has 1 aliphatic carbocycles. The van der Waals surface area contributed by atoms with Crippen LogP contribution in [0.25, 0.3) is 10.9 Å². The van der Waals surface area contributed by atoms with Gasteiger partial charge in [-0.25, -0.2) is 9.48 Å². The Balaban J connectivity index is 1.52. The molecule has 0 bridgehead atoms. The van der Waals surface area contributed by atoms with Crippen molar-refractivity contribution in [3.63, 3.8) is 0 Å². The van der Waals surface area contributed by atoms with Crippen LogP contribution < -0.4 is 16.7 Å². The first kappa shape index (κ1) is 28.2. The highest BCUT2D eigenvalue weighted by molar-refractivity contribution is 6.13. The first-order valence-corrected chi connectivity index (χ1v) is 13.5. The van der Waals surface area contributed by atoms with Gasteiger partial charge in [0.05, 0.1) is 16.6 Å². The van der Waals surface area contributed by atoms with Crippen LogP contribution in [-0.4, -0.2) is 30.7 Å². The molecule has 2 heterocycles. The second kappa shape index (κ2) is 10.6. The number of alkyl halides is 3. The van der Waals surface area contributed by atoms with Gasteiger partial charge in [-0.2, -0.15) is 18.3 Å². The molecule has 0 spiro atoms. The molecule has 2 aromatic heterocycles. The van der Waals surface area contributed by atoms with E-state index in [1.807, 2.05) is 11.5 Å². The van der Waals surface area contributed by atoms with Crippen LogP contribution in [0.2, 0.25) is 0 Å². The van der Waals surface area contributed by atoms with Gasteiger partial charge >= 0.3 is 11.9 Å². The average Bonchev–Trinajstić information content (AvgIpc) is 3.43. The minimum Gasteiger partial charge on any atom is -0.366 e. The van der Waals surface area contributed by atoms with Crippen molar-refractivity contribution < 1.29 is 22.8 Å². The minimum absolute atomic E-state index is 0.00115. The zero-order valence-corrected chi connectivity index (χ0v) is 23.0. The summed E-state index contributed by atoms with van der Waals surface area (Å²) in [6.07, 6.45) is -1.75. The smallest absolute Gasteiger partial charge is 0.366 e. The molecule has 2 aromatic carbocycles. The second-order valence-electron chi connectivity index (χ2n) is 10.5. The van der Waals surface area contributed by atoms with Gasteiger partial charge in [0.25, 0.3) is 5.91 Å². The number of nitrogens with one attached hydrogen (secondary N) is 1. The summed E-state index contributed by atoms with van der Waals surface area (Å²) in [6, 6.07) is 9.64. The van der Waals surface area contributed by atoms with Gasteiger partial charge in [-0.1, -0.05) is 6.07 Å². The molecule has 0 saturated heterocycles. The summed E-state index contributed by atoms with van der Waals surface area (Å²) in [5.41, 5.74) is 5.82. The van der Waals surface area contributed by atoms with E-state index in [-0.39, 0.29) is 34.5 Å². The Labute approximate surface area is 233 Å². The lowest BCUT2D eigenvalue weighted by atomic mass is 9.83. The lowest BCUT2D eigenvalue weighted by molar-refractivity contribution is -0.137. The molecule has 0 unspecified atom stereocenters. The van der Waals surface area contributed by atoms with Gasteiger partial charge in [0.15, 0.2) is 0 Å². The zero-order chi connectivity index (χ0) is 29.6. The van der Waals surface area contributed by atoms with Crippen molar-refractivity contribution in [2.75, 3.05) is 5.32 Å². The summed E-state index contributed by atoms with van der Waals surface area (Å²) >= 11 is 0. The summed E-state index contributed by atoms with van der Waals surface area (Å²) in [6.45, 7) is 4.14. The van der Waals surface area contributed by atoms with Crippen molar-refractivity contribution in [2.45, 2.75) is 64.2 Å². The van der Waals surface area contributed by atoms with E-state index in [0.717, 1.165) is 43.5 Å². The van der Waals surface area contributed by atoms with Gasteiger partial charge in [-0.3, -0.25) is 14.2 Å². The molecule has 1 fully saturated rings. The third kappa shape index (κ3) is 5.25. The molecule has 216 valence electrons. The lowest BCUT2D eigenvalue weighted by Gasteiger charge is -2.30. The average molecular weight is 569 g/mol. The van der Waals surface area contributed by atoms with Gasteiger partial charge in [0.1, 0.15) is 5.82 Å². The summed E-state index contributed by atoms with van der Waals surface area (Å²) in [4.78, 5) is 37.6. The van der Waals surface area contributed by atoms with E-state index in [2.05, 4.69) is 10.4 Å². The van der Waals surface area contributed by atoms with E-state index < -0.39 is 23.6 Å². The summed E-state index contributed by atoms with van der Waals surface area (Å²) in [5.74, 6) is -0.716. The number of primary amides is 1. The van der Waals surface area contributed by atoms with Crippen molar-refractivity contribution in [3.8, 4) is 0 Å². The normalized spacial score (nSPS) is 17.6. The molecule has 3 N–H and O–H groups in total. The van der Waals surface area contributed by atoms with E-state index in [4.69, 9.17) is 5.73 Å². The molecule has 1 aliphatic rings. The quantitative estimate of drug-likeness (QED) is 0.335. The second-order valence-corrected chi connectivity index (χ2v) is 10.5. The number of rotatable bonds is 6. The molecule has 41 heavy (non-hydrogen) atoms. The number of benzene rings is 2. The predicted molar refractivity (Wildman–Crippen MR) is 148 cm³/mol. The van der Waals surface area contributed by atoms with E-state index in [9.17, 15) is 27.6 Å². The number of halogens is 3. The lowest BCUT2D eigenvalue weighted by Crippen LogP contribution is -2.29. The van der Waals surface area contributed by atoms with E-state index in [0.29, 0.717) is 23.3 Å². The number of aryl methyl sites for hydroxylation is 3. The maximum Gasteiger partial charge on any atom is 0.416 e. The number of hydrogen-bond donors (Lipinski definition) is 2. The number of aromatic nitrogens is 4. The van der Waals surface area contributed by atoms with Crippen LogP contribution >= 0.6 is 0 Å². The molecule has 0 aliphatic heterocycles. The molecular formula is C29H31F3N6O3. The first-order chi connectivity index (χ1) is 19.4. The molecule has 2 amide bonds. The Morgan fingerprint density at radius 2 is 1.80 bits per heavy atom. The number of nitrogens with zero attached hydrogens (tertiary/aromatic N) is 4. The largest absolute Gasteiger partial charge is 0.416 e. The van der Waals surface area contributed by atoms with Crippen molar-refractivity contribution in [3.05, 3.63) is 81.2 Å². The maximum absolute atomic E-state index is 13.9. The van der Waals surface area contributed by atoms with Gasteiger partial charge in [0.2, 0.25) is 5.91 Å². The zero-order valence-electron chi connectivity index (χ0n) is 23.0. The monoisotopic (exact) mass is 568 g/mol. The fourth-order valence-electron chi connectivity index (χ4n) is 6.05. The predicted octanol–water partition coefficient (Wildman–Crippen LogP) is 5.13. The Morgan fingerprint density at radius 3 is 2.39 bits per heavy atom. The molecule has 4 aromatic rings. The van der Waals surface area contributed by atoms with Gasteiger partial charge in [-0.15, -0.1) is 0 Å². The van der Waals surface area contributed by atoms with E-state index >= 15 is 0 Å². The topological polar surface area (TPSA) is 117 Å².